The van der Waals surface area contributed by atoms with Crippen molar-refractivity contribution in [1.82, 2.24) is 0 Å². The van der Waals surface area contributed by atoms with Gasteiger partial charge < -0.3 is 4.74 Å². The highest BCUT2D eigenvalue weighted by atomic mass is 127. The number of carbonyl (C=O) groups is 1. The Labute approximate surface area is 106 Å². The fraction of sp³-hybridized carbons (Fsp3) is 0.222. The molecule has 5 heteroatoms. The summed E-state index contributed by atoms with van der Waals surface area (Å²) in [7, 11) is 0. The Hall–Kier alpha value is -0.0000000000000000555. The number of halogens is 3. The van der Waals surface area contributed by atoms with Crippen molar-refractivity contribution in [3.8, 4) is 0 Å². The van der Waals surface area contributed by atoms with Gasteiger partial charge in [0, 0.05) is 3.57 Å². The van der Waals surface area contributed by atoms with E-state index in [1.54, 1.807) is 19.1 Å². The standard InChI is InChI=1S/C9H7Cl2IO2/c1-2-14-9(13)8-6(10)3-5(12)4-7(8)11/h3-4H,2H2,1H3. The number of rotatable bonds is 2. The van der Waals surface area contributed by atoms with Crippen LogP contribution in [0.3, 0.4) is 0 Å². The van der Waals surface area contributed by atoms with Crippen LogP contribution < -0.4 is 0 Å². The lowest BCUT2D eigenvalue weighted by Gasteiger charge is -2.06. The topological polar surface area (TPSA) is 26.3 Å². The van der Waals surface area contributed by atoms with Gasteiger partial charge in [-0.05, 0) is 41.6 Å². The average molecular weight is 345 g/mol. The quantitative estimate of drug-likeness (QED) is 0.603. The van der Waals surface area contributed by atoms with Crippen molar-refractivity contribution in [2.24, 2.45) is 0 Å². The van der Waals surface area contributed by atoms with Crippen LogP contribution in [0.4, 0.5) is 0 Å². The average Bonchev–Trinajstić information content (AvgIpc) is 2.01. The van der Waals surface area contributed by atoms with Gasteiger partial charge in [0.05, 0.1) is 22.2 Å². The summed E-state index contributed by atoms with van der Waals surface area (Å²) in [5.41, 5.74) is 0.232. The third kappa shape index (κ3) is 2.74. The Kier molecular flexibility index (Phi) is 4.47. The Balaban J connectivity index is 3.14. The number of carbonyl (C=O) groups excluding carboxylic acids is 1. The predicted molar refractivity (Wildman–Crippen MR) is 65.1 cm³/mol. The normalized spacial score (nSPS) is 10.0. The van der Waals surface area contributed by atoms with E-state index in [9.17, 15) is 4.79 Å². The second kappa shape index (κ2) is 5.19. The molecule has 76 valence electrons. The first-order chi connectivity index (χ1) is 6.56. The summed E-state index contributed by atoms with van der Waals surface area (Å²) in [5.74, 6) is -0.487. The van der Waals surface area contributed by atoms with E-state index in [-0.39, 0.29) is 5.56 Å². The molecule has 0 aliphatic rings. The molecule has 0 radical (unpaired) electrons. The maximum absolute atomic E-state index is 11.4. The van der Waals surface area contributed by atoms with Crippen molar-refractivity contribution >= 4 is 51.8 Å². The summed E-state index contributed by atoms with van der Waals surface area (Å²) in [6, 6.07) is 3.33. The molecule has 0 spiro atoms. The van der Waals surface area contributed by atoms with Crippen LogP contribution in [0.25, 0.3) is 0 Å². The first kappa shape index (κ1) is 12.1. The van der Waals surface area contributed by atoms with Gasteiger partial charge >= 0.3 is 5.97 Å². The molecule has 0 fully saturated rings. The summed E-state index contributed by atoms with van der Waals surface area (Å²) >= 11 is 13.8. The SMILES string of the molecule is CCOC(=O)c1c(Cl)cc(I)cc1Cl. The fourth-order valence-electron chi connectivity index (χ4n) is 0.940. The summed E-state index contributed by atoms with van der Waals surface area (Å²) in [6.45, 7) is 2.03. The van der Waals surface area contributed by atoms with E-state index in [0.29, 0.717) is 16.7 Å². The van der Waals surface area contributed by atoms with Gasteiger partial charge in [0.25, 0.3) is 0 Å². The van der Waals surface area contributed by atoms with Crippen LogP contribution in [0.15, 0.2) is 12.1 Å². The fourth-order valence-corrected chi connectivity index (χ4v) is 2.57. The molecule has 1 rings (SSSR count). The van der Waals surface area contributed by atoms with Crippen LogP contribution in [-0.2, 0) is 4.74 Å². The highest BCUT2D eigenvalue weighted by Gasteiger charge is 2.16. The third-order valence-electron chi connectivity index (χ3n) is 1.49. The summed E-state index contributed by atoms with van der Waals surface area (Å²) in [4.78, 5) is 11.4. The molecule has 14 heavy (non-hydrogen) atoms. The van der Waals surface area contributed by atoms with Gasteiger partial charge in [0.15, 0.2) is 0 Å². The van der Waals surface area contributed by atoms with E-state index in [1.165, 1.54) is 0 Å². The molecule has 1 aromatic carbocycles. The molecule has 1 aromatic rings. The molecule has 0 heterocycles. The van der Waals surface area contributed by atoms with Crippen LogP contribution >= 0.6 is 45.8 Å². The Morgan fingerprint density at radius 1 is 1.43 bits per heavy atom. The first-order valence-corrected chi connectivity index (χ1v) is 5.71. The zero-order valence-electron chi connectivity index (χ0n) is 7.31. The molecule has 0 saturated heterocycles. The summed E-state index contributed by atoms with van der Waals surface area (Å²) < 4.78 is 5.70. The molecule has 0 N–H and O–H groups in total. The monoisotopic (exact) mass is 344 g/mol. The minimum Gasteiger partial charge on any atom is -0.462 e. The lowest BCUT2D eigenvalue weighted by Crippen LogP contribution is -2.06. The molecule has 0 amide bonds. The molecule has 0 aliphatic carbocycles. The van der Waals surface area contributed by atoms with E-state index < -0.39 is 5.97 Å². The molecule has 0 saturated carbocycles. The van der Waals surface area contributed by atoms with Crippen LogP contribution in [0, 0.1) is 3.57 Å². The van der Waals surface area contributed by atoms with E-state index in [0.717, 1.165) is 3.57 Å². The summed E-state index contributed by atoms with van der Waals surface area (Å²) in [6.07, 6.45) is 0. The van der Waals surface area contributed by atoms with Gasteiger partial charge in [-0.1, -0.05) is 23.2 Å². The lowest BCUT2D eigenvalue weighted by molar-refractivity contribution is 0.0527. The Bertz CT molecular complexity index is 343. The molecule has 0 atom stereocenters. The maximum atomic E-state index is 11.4. The van der Waals surface area contributed by atoms with Gasteiger partial charge in [-0.25, -0.2) is 4.79 Å². The highest BCUT2D eigenvalue weighted by molar-refractivity contribution is 14.1. The highest BCUT2D eigenvalue weighted by Crippen LogP contribution is 2.27. The van der Waals surface area contributed by atoms with Crippen LogP contribution in [0.2, 0.25) is 10.0 Å². The number of hydrogen-bond donors (Lipinski definition) is 0. The third-order valence-corrected chi connectivity index (χ3v) is 2.71. The van der Waals surface area contributed by atoms with Gasteiger partial charge in [-0.2, -0.15) is 0 Å². The molecule has 0 bridgehead atoms. The smallest absolute Gasteiger partial charge is 0.341 e. The van der Waals surface area contributed by atoms with Gasteiger partial charge in [0.1, 0.15) is 0 Å². The second-order valence-corrected chi connectivity index (χ2v) is 4.52. The van der Waals surface area contributed by atoms with Crippen LogP contribution in [0.5, 0.6) is 0 Å². The molecular weight excluding hydrogens is 338 g/mol. The van der Waals surface area contributed by atoms with Crippen molar-refractivity contribution in [2.45, 2.75) is 6.92 Å². The lowest BCUT2D eigenvalue weighted by atomic mass is 10.2. The zero-order valence-corrected chi connectivity index (χ0v) is 11.0. The Morgan fingerprint density at radius 2 is 1.93 bits per heavy atom. The van der Waals surface area contributed by atoms with Crippen LogP contribution in [-0.4, -0.2) is 12.6 Å². The molecule has 0 aliphatic heterocycles. The molecule has 0 unspecified atom stereocenters. The van der Waals surface area contributed by atoms with Crippen molar-refractivity contribution in [3.63, 3.8) is 0 Å². The largest absolute Gasteiger partial charge is 0.462 e. The Morgan fingerprint density at radius 3 is 2.36 bits per heavy atom. The first-order valence-electron chi connectivity index (χ1n) is 3.88. The van der Waals surface area contributed by atoms with E-state index >= 15 is 0 Å². The van der Waals surface area contributed by atoms with E-state index in [4.69, 9.17) is 27.9 Å². The molecule has 0 aromatic heterocycles. The molecule has 2 nitrogen and oxygen atoms in total. The van der Waals surface area contributed by atoms with Crippen LogP contribution in [0.1, 0.15) is 17.3 Å². The minimum atomic E-state index is -0.487. The van der Waals surface area contributed by atoms with Crippen molar-refractivity contribution < 1.29 is 9.53 Å². The predicted octanol–water partition coefficient (Wildman–Crippen LogP) is 3.77. The van der Waals surface area contributed by atoms with E-state index in [1.807, 2.05) is 0 Å². The van der Waals surface area contributed by atoms with Crippen molar-refractivity contribution in [3.05, 3.63) is 31.3 Å². The van der Waals surface area contributed by atoms with Gasteiger partial charge in [-0.15, -0.1) is 0 Å². The van der Waals surface area contributed by atoms with Gasteiger partial charge in [0.2, 0.25) is 0 Å². The van der Waals surface area contributed by atoms with Crippen molar-refractivity contribution in [2.75, 3.05) is 6.61 Å². The molecular formula is C9H7Cl2IO2. The van der Waals surface area contributed by atoms with E-state index in [2.05, 4.69) is 22.6 Å². The minimum absolute atomic E-state index is 0.232. The summed E-state index contributed by atoms with van der Waals surface area (Å²) in [5, 5.41) is 0.640. The number of benzene rings is 1. The number of esters is 1. The maximum Gasteiger partial charge on any atom is 0.341 e. The number of hydrogen-bond acceptors (Lipinski definition) is 2. The number of ether oxygens (including phenoxy) is 1. The second-order valence-electron chi connectivity index (χ2n) is 2.46. The zero-order chi connectivity index (χ0) is 10.7. The van der Waals surface area contributed by atoms with Gasteiger partial charge in [-0.3, -0.25) is 0 Å². The van der Waals surface area contributed by atoms with Crippen molar-refractivity contribution in [1.29, 1.82) is 0 Å².